The Hall–Kier alpha value is -3.75. The first-order chi connectivity index (χ1) is 12.5. The van der Waals surface area contributed by atoms with Crippen LogP contribution in [0.15, 0.2) is 58.2 Å². The highest BCUT2D eigenvalue weighted by Crippen LogP contribution is 2.34. The lowest BCUT2D eigenvalue weighted by molar-refractivity contribution is -0.138. The van der Waals surface area contributed by atoms with Crippen molar-refractivity contribution in [1.82, 2.24) is 9.97 Å². The number of aliphatic carboxylic acids is 1. The van der Waals surface area contributed by atoms with Crippen molar-refractivity contribution >= 4 is 11.9 Å². The van der Waals surface area contributed by atoms with Gasteiger partial charge in [-0.2, -0.15) is 0 Å². The largest absolute Gasteiger partial charge is 0.479 e. The molecule has 8 nitrogen and oxygen atoms in total. The lowest BCUT2D eigenvalue weighted by atomic mass is 10.1. The number of carboxylic acid groups (broad SMARTS) is 1. The van der Waals surface area contributed by atoms with Gasteiger partial charge in [0.05, 0.1) is 0 Å². The molecule has 0 saturated heterocycles. The van der Waals surface area contributed by atoms with Crippen LogP contribution >= 0.6 is 0 Å². The van der Waals surface area contributed by atoms with Crippen molar-refractivity contribution in [2.24, 2.45) is 16.5 Å². The number of pyridine rings is 1. The third kappa shape index (κ3) is 3.51. The molecule has 0 spiro atoms. The van der Waals surface area contributed by atoms with Gasteiger partial charge >= 0.3 is 5.97 Å². The van der Waals surface area contributed by atoms with Crippen molar-refractivity contribution in [3.8, 4) is 22.8 Å². The lowest BCUT2D eigenvalue weighted by Crippen LogP contribution is -2.26. The van der Waals surface area contributed by atoms with Crippen LogP contribution in [0.5, 0.6) is 0 Å². The van der Waals surface area contributed by atoms with E-state index in [9.17, 15) is 14.3 Å². The first kappa shape index (κ1) is 17.1. The summed E-state index contributed by atoms with van der Waals surface area (Å²) in [5.41, 5.74) is 11.7. The van der Waals surface area contributed by atoms with Crippen molar-refractivity contribution < 1.29 is 18.7 Å². The molecule has 0 aliphatic rings. The first-order valence-electron chi connectivity index (χ1n) is 7.44. The topological polar surface area (TPSA) is 141 Å². The molecular weight excluding hydrogens is 341 g/mol. The number of rotatable bonds is 5. The van der Waals surface area contributed by atoms with Crippen molar-refractivity contribution in [1.29, 1.82) is 0 Å². The highest BCUT2D eigenvalue weighted by atomic mass is 19.1. The molecule has 0 aliphatic carbocycles. The summed E-state index contributed by atoms with van der Waals surface area (Å²) in [4.78, 5) is 23.6. The second-order valence-corrected chi connectivity index (χ2v) is 5.28. The fourth-order valence-corrected chi connectivity index (χ4v) is 2.32. The van der Waals surface area contributed by atoms with Crippen LogP contribution in [0, 0.1) is 5.82 Å². The van der Waals surface area contributed by atoms with Crippen LogP contribution in [-0.2, 0) is 4.79 Å². The normalized spacial score (nSPS) is 11.7. The van der Waals surface area contributed by atoms with Gasteiger partial charge in [-0.3, -0.25) is 4.98 Å². The number of guanidine groups is 1. The van der Waals surface area contributed by atoms with E-state index in [1.807, 2.05) is 0 Å². The van der Waals surface area contributed by atoms with Crippen molar-refractivity contribution in [2.75, 3.05) is 0 Å². The number of halogens is 1. The Balaban J connectivity index is 2.19. The monoisotopic (exact) mass is 355 g/mol. The number of carbonyl (C=O) groups is 1. The Morgan fingerprint density at radius 3 is 2.50 bits per heavy atom. The Kier molecular flexibility index (Phi) is 4.61. The zero-order chi connectivity index (χ0) is 18.7. The maximum atomic E-state index is 13.1. The number of oxazole rings is 1. The van der Waals surface area contributed by atoms with Gasteiger partial charge in [0.1, 0.15) is 11.5 Å². The van der Waals surface area contributed by atoms with Gasteiger partial charge in [0.25, 0.3) is 0 Å². The van der Waals surface area contributed by atoms with Crippen molar-refractivity contribution in [3.05, 3.63) is 60.3 Å². The smallest absolute Gasteiger partial charge is 0.335 e. The molecule has 2 heterocycles. The van der Waals surface area contributed by atoms with Crippen LogP contribution in [0.1, 0.15) is 11.7 Å². The quantitative estimate of drug-likeness (QED) is 0.469. The van der Waals surface area contributed by atoms with Crippen LogP contribution in [0.25, 0.3) is 22.8 Å². The van der Waals surface area contributed by atoms with E-state index in [0.717, 1.165) is 0 Å². The molecule has 1 unspecified atom stereocenters. The van der Waals surface area contributed by atoms with Gasteiger partial charge in [-0.15, -0.1) is 0 Å². The minimum atomic E-state index is -1.46. The third-order valence-corrected chi connectivity index (χ3v) is 3.44. The Morgan fingerprint density at radius 1 is 1.19 bits per heavy atom. The molecule has 0 saturated carbocycles. The fourth-order valence-electron chi connectivity index (χ4n) is 2.32. The minimum Gasteiger partial charge on any atom is -0.479 e. The van der Waals surface area contributed by atoms with Gasteiger partial charge in [-0.1, -0.05) is 0 Å². The van der Waals surface area contributed by atoms with Crippen LogP contribution in [0.2, 0.25) is 0 Å². The predicted molar refractivity (Wildman–Crippen MR) is 91.3 cm³/mol. The summed E-state index contributed by atoms with van der Waals surface area (Å²) >= 11 is 0. The van der Waals surface area contributed by atoms with Crippen LogP contribution < -0.4 is 11.5 Å². The second kappa shape index (κ2) is 7.01. The summed E-state index contributed by atoms with van der Waals surface area (Å²) in [7, 11) is 0. The SMILES string of the molecule is NC(N)=NC(C(=O)O)c1nc(-c2ccc(F)cc2)oc1-c1cccnc1. The van der Waals surface area contributed by atoms with Gasteiger partial charge in [0.15, 0.2) is 17.8 Å². The van der Waals surface area contributed by atoms with E-state index >= 15 is 0 Å². The number of benzene rings is 1. The molecule has 9 heteroatoms. The number of nitrogens with two attached hydrogens (primary N) is 2. The van der Waals surface area contributed by atoms with Crippen LogP contribution in [-0.4, -0.2) is 27.0 Å². The molecule has 2 aromatic heterocycles. The predicted octanol–water partition coefficient (Wildman–Crippen LogP) is 1.94. The zero-order valence-electron chi connectivity index (χ0n) is 13.3. The van der Waals surface area contributed by atoms with Crippen LogP contribution in [0.4, 0.5) is 4.39 Å². The number of carboxylic acids is 1. The molecule has 0 fully saturated rings. The van der Waals surface area contributed by atoms with E-state index in [-0.39, 0.29) is 17.3 Å². The Labute approximate surface area is 147 Å². The molecule has 5 N–H and O–H groups in total. The zero-order valence-corrected chi connectivity index (χ0v) is 13.3. The molecule has 0 radical (unpaired) electrons. The van der Waals surface area contributed by atoms with E-state index in [0.29, 0.717) is 11.1 Å². The average molecular weight is 355 g/mol. The van der Waals surface area contributed by atoms with E-state index in [4.69, 9.17) is 15.9 Å². The van der Waals surface area contributed by atoms with Gasteiger partial charge < -0.3 is 21.0 Å². The van der Waals surface area contributed by atoms with Gasteiger partial charge in [-0.25, -0.2) is 19.2 Å². The minimum absolute atomic E-state index is 0.0122. The van der Waals surface area contributed by atoms with E-state index in [1.165, 1.54) is 30.5 Å². The molecule has 26 heavy (non-hydrogen) atoms. The van der Waals surface area contributed by atoms with Gasteiger partial charge in [0, 0.05) is 23.5 Å². The standard InChI is InChI=1S/C17H14FN5O3/c18-11-5-3-9(4-6-11)15-22-12(13(16(24)25)23-17(19)20)14(26-15)10-2-1-7-21-8-10/h1-8,13H,(H,24,25)(H4,19,20,23). The van der Waals surface area contributed by atoms with E-state index in [2.05, 4.69) is 15.0 Å². The molecule has 3 rings (SSSR count). The highest BCUT2D eigenvalue weighted by molar-refractivity contribution is 5.84. The molecule has 0 aliphatic heterocycles. The van der Waals surface area contributed by atoms with E-state index in [1.54, 1.807) is 18.3 Å². The number of nitrogens with zero attached hydrogens (tertiary/aromatic N) is 3. The average Bonchev–Trinajstić information content (AvgIpc) is 3.05. The van der Waals surface area contributed by atoms with Gasteiger partial charge in [-0.05, 0) is 36.4 Å². The molecular formula is C17H14FN5O3. The molecule has 0 amide bonds. The van der Waals surface area contributed by atoms with Crippen LogP contribution in [0.3, 0.4) is 0 Å². The molecule has 1 aromatic carbocycles. The molecule has 0 bridgehead atoms. The first-order valence-corrected chi connectivity index (χ1v) is 7.44. The van der Waals surface area contributed by atoms with Crippen molar-refractivity contribution in [3.63, 3.8) is 0 Å². The summed E-state index contributed by atoms with van der Waals surface area (Å²) in [5.74, 6) is -1.86. The third-order valence-electron chi connectivity index (χ3n) is 3.44. The van der Waals surface area contributed by atoms with E-state index < -0.39 is 23.8 Å². The lowest BCUT2D eigenvalue weighted by Gasteiger charge is -2.06. The number of aromatic nitrogens is 2. The molecule has 1 atom stereocenters. The number of hydrogen-bond donors (Lipinski definition) is 3. The summed E-state index contributed by atoms with van der Waals surface area (Å²) < 4.78 is 18.9. The number of aliphatic imine (C=N–C) groups is 1. The molecule has 132 valence electrons. The summed E-state index contributed by atoms with van der Waals surface area (Å²) in [6.45, 7) is 0. The second-order valence-electron chi connectivity index (χ2n) is 5.28. The maximum absolute atomic E-state index is 13.1. The maximum Gasteiger partial charge on any atom is 0.335 e. The Morgan fingerprint density at radius 2 is 1.92 bits per heavy atom. The molecule has 3 aromatic rings. The van der Waals surface area contributed by atoms with Gasteiger partial charge in [0.2, 0.25) is 5.89 Å². The summed E-state index contributed by atoms with van der Waals surface area (Å²) in [6, 6.07) is 7.30. The van der Waals surface area contributed by atoms with Crippen molar-refractivity contribution in [2.45, 2.75) is 6.04 Å². The summed E-state index contributed by atoms with van der Waals surface area (Å²) in [5, 5.41) is 9.50. The fraction of sp³-hybridized carbons (Fsp3) is 0.0588. The highest BCUT2D eigenvalue weighted by Gasteiger charge is 2.29. The Bertz CT molecular complexity index is 950. The number of hydrogen-bond acceptors (Lipinski definition) is 5. The summed E-state index contributed by atoms with van der Waals surface area (Å²) in [6.07, 6.45) is 3.05.